The molecule has 0 radical (unpaired) electrons. The van der Waals surface area contributed by atoms with E-state index in [1.807, 2.05) is 12.3 Å². The number of carbonyl (C=O) groups is 1. The first-order valence-electron chi connectivity index (χ1n) is 2.85. The highest BCUT2D eigenvalue weighted by atomic mass is 16.7. The van der Waals surface area contributed by atoms with E-state index in [1.165, 1.54) is 0 Å². The van der Waals surface area contributed by atoms with E-state index in [4.69, 9.17) is 5.53 Å². The van der Waals surface area contributed by atoms with Crippen LogP contribution in [0.3, 0.4) is 0 Å². The van der Waals surface area contributed by atoms with Gasteiger partial charge in [-0.1, -0.05) is 12.0 Å². The Labute approximate surface area is 58.4 Å². The summed E-state index contributed by atoms with van der Waals surface area (Å²) in [6.07, 6.45) is 0.848. The number of hydrazine groups is 1. The van der Waals surface area contributed by atoms with E-state index in [2.05, 4.69) is 15.5 Å². The molecule has 3 N–H and O–H groups in total. The maximum atomic E-state index is 10.2. The summed E-state index contributed by atoms with van der Waals surface area (Å²) in [6, 6.07) is -0.781. The molecule has 0 aliphatic carbocycles. The molecule has 0 aromatic heterocycles. The molecule has 0 atom stereocenters. The van der Waals surface area contributed by atoms with Crippen molar-refractivity contribution in [2.24, 2.45) is 5.11 Å². The molecule has 0 aromatic carbocycles. The Morgan fingerprint density at radius 3 is 3.00 bits per heavy atom. The molecule has 0 saturated heterocycles. The Morgan fingerprint density at radius 2 is 2.50 bits per heavy atom. The average molecular weight is 146 g/mol. The van der Waals surface area contributed by atoms with E-state index in [-0.39, 0.29) is 0 Å². The zero-order valence-electron chi connectivity index (χ0n) is 5.68. The van der Waals surface area contributed by atoms with Crippen molar-refractivity contribution >= 4 is 6.03 Å². The number of rotatable bonds is 4. The van der Waals surface area contributed by atoms with Crippen molar-refractivity contribution in [2.45, 2.75) is 13.3 Å². The zero-order valence-corrected chi connectivity index (χ0v) is 5.68. The quantitative estimate of drug-likeness (QED) is 0.308. The standard InChI is InChI=1S/C4H10N4O2/c1-2-3-10-8-7-4(9)6-5/h5,8H,2-3H2,1H3,(H,7,9). The zero-order chi connectivity index (χ0) is 7.82. The number of hydrogen-bond donors (Lipinski definition) is 3. The van der Waals surface area contributed by atoms with Crippen LogP contribution in [0.5, 0.6) is 0 Å². The van der Waals surface area contributed by atoms with Crippen LogP contribution in [0.1, 0.15) is 13.3 Å². The molecule has 0 heterocycles. The van der Waals surface area contributed by atoms with Gasteiger partial charge >= 0.3 is 6.03 Å². The van der Waals surface area contributed by atoms with Gasteiger partial charge in [-0.15, -0.1) is 5.59 Å². The molecule has 0 aliphatic heterocycles. The maximum absolute atomic E-state index is 10.2. The summed E-state index contributed by atoms with van der Waals surface area (Å²) in [5.74, 6) is 0. The minimum absolute atomic E-state index is 0.498. The molecule has 6 heteroatoms. The summed E-state index contributed by atoms with van der Waals surface area (Å²) in [5, 5.41) is 2.54. The average Bonchev–Trinajstić information content (AvgIpc) is 1.98. The first-order chi connectivity index (χ1) is 4.81. The van der Waals surface area contributed by atoms with Gasteiger partial charge in [0.05, 0.1) is 6.61 Å². The third-order valence-electron chi connectivity index (χ3n) is 0.638. The van der Waals surface area contributed by atoms with Crippen molar-refractivity contribution in [2.75, 3.05) is 6.61 Å². The van der Waals surface area contributed by atoms with Gasteiger partial charge < -0.3 is 0 Å². The van der Waals surface area contributed by atoms with Gasteiger partial charge in [-0.25, -0.2) is 10.2 Å². The number of nitrogens with zero attached hydrogens (tertiary/aromatic N) is 1. The Morgan fingerprint density at radius 1 is 1.80 bits per heavy atom. The molecule has 58 valence electrons. The summed E-state index contributed by atoms with van der Waals surface area (Å²) >= 11 is 0. The van der Waals surface area contributed by atoms with Crippen LogP contribution in [0.4, 0.5) is 4.79 Å². The molecule has 0 saturated carbocycles. The lowest BCUT2D eigenvalue weighted by molar-refractivity contribution is 0.0204. The third-order valence-corrected chi connectivity index (χ3v) is 0.638. The van der Waals surface area contributed by atoms with E-state index in [0.29, 0.717) is 6.61 Å². The van der Waals surface area contributed by atoms with Crippen molar-refractivity contribution in [3.63, 3.8) is 0 Å². The second-order valence-corrected chi connectivity index (χ2v) is 1.49. The Hall–Kier alpha value is -1.01. The molecule has 0 rings (SSSR count). The van der Waals surface area contributed by atoms with Gasteiger partial charge in [-0.3, -0.25) is 4.84 Å². The molecule has 0 fully saturated rings. The van der Waals surface area contributed by atoms with Crippen LogP contribution in [0.2, 0.25) is 0 Å². The summed E-state index contributed by atoms with van der Waals surface area (Å²) in [5.41, 5.74) is 10.3. The summed E-state index contributed by atoms with van der Waals surface area (Å²) < 4.78 is 0. The normalized spacial score (nSPS) is 8.90. The lowest BCUT2D eigenvalue weighted by Gasteiger charge is -2.01. The summed E-state index contributed by atoms with van der Waals surface area (Å²) in [4.78, 5) is 14.8. The van der Waals surface area contributed by atoms with E-state index in [0.717, 1.165) is 6.42 Å². The molecular formula is C4H10N4O2. The minimum atomic E-state index is -0.781. The van der Waals surface area contributed by atoms with Gasteiger partial charge in [0, 0.05) is 0 Å². The smallest absolute Gasteiger partial charge is 0.282 e. The van der Waals surface area contributed by atoms with Gasteiger partial charge in [-0.05, 0) is 6.42 Å². The molecule has 0 unspecified atom stereocenters. The van der Waals surface area contributed by atoms with Gasteiger partial charge in [0.25, 0.3) is 0 Å². The SMILES string of the molecule is CCCONNC(=O)N=N. The highest BCUT2D eigenvalue weighted by Gasteiger charge is 1.91. The van der Waals surface area contributed by atoms with Crippen LogP contribution < -0.4 is 11.0 Å². The van der Waals surface area contributed by atoms with Crippen LogP contribution in [-0.4, -0.2) is 12.6 Å². The number of hydrogen-bond acceptors (Lipinski definition) is 4. The minimum Gasteiger partial charge on any atom is -0.282 e. The molecule has 0 spiro atoms. The van der Waals surface area contributed by atoms with E-state index < -0.39 is 6.03 Å². The fraction of sp³-hybridized carbons (Fsp3) is 0.750. The molecule has 10 heavy (non-hydrogen) atoms. The van der Waals surface area contributed by atoms with Crippen molar-refractivity contribution in [3.8, 4) is 0 Å². The van der Waals surface area contributed by atoms with Crippen LogP contribution in [-0.2, 0) is 4.84 Å². The number of carbonyl (C=O) groups excluding carboxylic acids is 1. The largest absolute Gasteiger partial charge is 0.375 e. The van der Waals surface area contributed by atoms with Crippen molar-refractivity contribution < 1.29 is 9.63 Å². The van der Waals surface area contributed by atoms with E-state index >= 15 is 0 Å². The first-order valence-corrected chi connectivity index (χ1v) is 2.85. The molecular weight excluding hydrogens is 136 g/mol. The predicted molar refractivity (Wildman–Crippen MR) is 33.1 cm³/mol. The molecule has 2 amide bonds. The molecule has 0 bridgehead atoms. The second-order valence-electron chi connectivity index (χ2n) is 1.49. The summed E-state index contributed by atoms with van der Waals surface area (Å²) in [7, 11) is 0. The van der Waals surface area contributed by atoms with Gasteiger partial charge in [-0.2, -0.15) is 5.53 Å². The van der Waals surface area contributed by atoms with Gasteiger partial charge in [0.1, 0.15) is 0 Å². The Kier molecular flexibility index (Phi) is 5.50. The Balaban J connectivity index is 3.03. The number of nitrogens with one attached hydrogen (secondary N) is 3. The lowest BCUT2D eigenvalue weighted by Crippen LogP contribution is -2.35. The monoisotopic (exact) mass is 146 g/mol. The first kappa shape index (κ1) is 8.99. The van der Waals surface area contributed by atoms with Crippen LogP contribution in [0.15, 0.2) is 5.11 Å². The van der Waals surface area contributed by atoms with E-state index in [9.17, 15) is 4.79 Å². The Bertz CT molecular complexity index is 116. The van der Waals surface area contributed by atoms with Gasteiger partial charge in [0.2, 0.25) is 0 Å². The van der Waals surface area contributed by atoms with Crippen LogP contribution in [0, 0.1) is 5.53 Å². The highest BCUT2D eigenvalue weighted by Crippen LogP contribution is 1.73. The molecule has 6 nitrogen and oxygen atoms in total. The lowest BCUT2D eigenvalue weighted by atomic mass is 10.5. The second kappa shape index (κ2) is 6.12. The fourth-order valence-electron chi connectivity index (χ4n) is 0.261. The van der Waals surface area contributed by atoms with Crippen molar-refractivity contribution in [1.82, 2.24) is 11.0 Å². The molecule has 0 aromatic rings. The number of amides is 2. The van der Waals surface area contributed by atoms with Crippen LogP contribution in [0.25, 0.3) is 0 Å². The van der Waals surface area contributed by atoms with E-state index in [1.54, 1.807) is 0 Å². The van der Waals surface area contributed by atoms with Crippen molar-refractivity contribution in [1.29, 1.82) is 5.53 Å². The van der Waals surface area contributed by atoms with Crippen LogP contribution >= 0.6 is 0 Å². The highest BCUT2D eigenvalue weighted by molar-refractivity contribution is 5.72. The predicted octanol–water partition coefficient (Wildman–Crippen LogP) is 0.573. The topological polar surface area (TPSA) is 86.6 Å². The maximum Gasteiger partial charge on any atom is 0.375 e. The van der Waals surface area contributed by atoms with Crippen molar-refractivity contribution in [3.05, 3.63) is 0 Å². The summed E-state index contributed by atoms with van der Waals surface area (Å²) in [6.45, 7) is 2.43. The third kappa shape index (κ3) is 5.13. The number of urea groups is 1. The molecule has 0 aliphatic rings. The fourth-order valence-corrected chi connectivity index (χ4v) is 0.261. The van der Waals surface area contributed by atoms with Gasteiger partial charge in [0.15, 0.2) is 0 Å².